The van der Waals surface area contributed by atoms with Crippen LogP contribution in [0.5, 0.6) is 5.88 Å². The summed E-state index contributed by atoms with van der Waals surface area (Å²) in [5.41, 5.74) is 8.90. The second-order valence-corrected chi connectivity index (χ2v) is 11.7. The molecular weight excluding hydrogens is 490 g/mol. The smallest absolute Gasteiger partial charge is 0.267 e. The van der Waals surface area contributed by atoms with E-state index in [1.54, 1.807) is 12.1 Å². The molecule has 0 saturated carbocycles. The summed E-state index contributed by atoms with van der Waals surface area (Å²) in [7, 11) is -4.23. The van der Waals surface area contributed by atoms with Gasteiger partial charge in [0.2, 0.25) is 5.88 Å². The van der Waals surface area contributed by atoms with Crippen LogP contribution in [0, 0.1) is 12.8 Å². The van der Waals surface area contributed by atoms with E-state index >= 15 is 0 Å². The van der Waals surface area contributed by atoms with Gasteiger partial charge in [0.1, 0.15) is 10.7 Å². The van der Waals surface area contributed by atoms with E-state index in [0.717, 1.165) is 24.1 Å². The highest BCUT2D eigenvalue weighted by atomic mass is 32.2. The molecule has 3 N–H and O–H groups in total. The van der Waals surface area contributed by atoms with Gasteiger partial charge in [0.05, 0.1) is 23.6 Å². The normalized spacial score (nSPS) is 17.0. The second kappa shape index (κ2) is 10.0. The highest BCUT2D eigenvalue weighted by Gasteiger charge is 2.38. The Balaban J connectivity index is 1.80. The third kappa shape index (κ3) is 5.53. The predicted molar refractivity (Wildman–Crippen MR) is 144 cm³/mol. The molecule has 0 aliphatic carbocycles. The van der Waals surface area contributed by atoms with Gasteiger partial charge in [0.25, 0.3) is 15.9 Å². The van der Waals surface area contributed by atoms with E-state index in [1.165, 1.54) is 18.3 Å². The maximum Gasteiger partial charge on any atom is 0.267 e. The number of hydrogen-bond acceptors (Lipinski definition) is 8. The maximum atomic E-state index is 13.4. The number of nitrogens with two attached hydrogens (primary N) is 1. The van der Waals surface area contributed by atoms with Crippen molar-refractivity contribution in [1.82, 2.24) is 14.7 Å². The fourth-order valence-corrected chi connectivity index (χ4v) is 6.03. The number of benzene rings is 1. The monoisotopic (exact) mass is 523 g/mol. The highest BCUT2D eigenvalue weighted by Crippen LogP contribution is 2.40. The van der Waals surface area contributed by atoms with Gasteiger partial charge in [-0.15, -0.1) is 0 Å². The highest BCUT2D eigenvalue weighted by molar-refractivity contribution is 7.90. The first-order valence-corrected chi connectivity index (χ1v) is 13.7. The van der Waals surface area contributed by atoms with Crippen molar-refractivity contribution in [3.63, 3.8) is 0 Å². The van der Waals surface area contributed by atoms with Crippen LogP contribution in [0.2, 0.25) is 0 Å². The quantitative estimate of drug-likeness (QED) is 0.472. The minimum atomic E-state index is -4.23. The number of nitrogen functional groups attached to an aromatic ring is 1. The lowest BCUT2D eigenvalue weighted by Gasteiger charge is -2.35. The van der Waals surface area contributed by atoms with Gasteiger partial charge in [-0.3, -0.25) is 4.79 Å². The minimum Gasteiger partial charge on any atom is -0.478 e. The number of aryl methyl sites for hydroxylation is 1. The number of anilines is 2. The first-order valence-electron chi connectivity index (χ1n) is 12.2. The average Bonchev–Trinajstić information content (AvgIpc) is 3.10. The number of amides is 1. The summed E-state index contributed by atoms with van der Waals surface area (Å²) in [5.74, 6) is 0.00199. The summed E-state index contributed by atoms with van der Waals surface area (Å²) in [6, 6.07) is 11.9. The minimum absolute atomic E-state index is 0.177. The van der Waals surface area contributed by atoms with E-state index in [4.69, 9.17) is 10.5 Å². The number of ether oxygens (including phenoxy) is 1. The molecule has 0 radical (unpaired) electrons. The summed E-state index contributed by atoms with van der Waals surface area (Å²) in [4.78, 5) is 23.8. The number of rotatable bonds is 7. The van der Waals surface area contributed by atoms with Crippen molar-refractivity contribution in [2.75, 3.05) is 23.8 Å². The van der Waals surface area contributed by atoms with Crippen LogP contribution >= 0.6 is 0 Å². The molecule has 0 bridgehead atoms. The van der Waals surface area contributed by atoms with E-state index < -0.39 is 15.9 Å². The van der Waals surface area contributed by atoms with Gasteiger partial charge >= 0.3 is 0 Å². The van der Waals surface area contributed by atoms with E-state index in [0.29, 0.717) is 29.8 Å². The van der Waals surface area contributed by atoms with Crippen molar-refractivity contribution < 1.29 is 17.9 Å². The predicted octanol–water partition coefficient (Wildman–Crippen LogP) is 4.18. The van der Waals surface area contributed by atoms with Gasteiger partial charge in [-0.1, -0.05) is 13.0 Å². The van der Waals surface area contributed by atoms with E-state index in [9.17, 15) is 13.2 Å². The van der Waals surface area contributed by atoms with Gasteiger partial charge < -0.3 is 15.4 Å². The molecule has 1 fully saturated rings. The van der Waals surface area contributed by atoms with Gasteiger partial charge in [-0.25, -0.2) is 23.1 Å². The molecule has 1 aliphatic heterocycles. The van der Waals surface area contributed by atoms with Crippen LogP contribution in [0.1, 0.15) is 50.0 Å². The molecule has 4 rings (SSSR count). The summed E-state index contributed by atoms with van der Waals surface area (Å²) >= 11 is 0. The second-order valence-electron chi connectivity index (χ2n) is 10.1. The number of nitrogens with zero attached hydrogens (tertiary/aromatic N) is 3. The summed E-state index contributed by atoms with van der Waals surface area (Å²) in [5, 5.41) is 0. The SMILES string of the molecule is CCOc1cc(C)cc(-c2ccc(C(=O)NS(=O)(=O)c3cccnc3N)c(N3C[C@@H](C)CC3(C)C)c2)n1. The molecule has 1 aromatic carbocycles. The molecule has 196 valence electrons. The number of aromatic nitrogens is 2. The molecule has 0 spiro atoms. The van der Waals surface area contributed by atoms with Crippen LogP contribution in [0.3, 0.4) is 0 Å². The Morgan fingerprint density at radius 1 is 1.24 bits per heavy atom. The molecule has 0 unspecified atom stereocenters. The van der Waals surface area contributed by atoms with Crippen molar-refractivity contribution in [2.45, 2.75) is 51.5 Å². The summed E-state index contributed by atoms with van der Waals surface area (Å²) in [6.45, 7) is 11.5. The molecule has 9 nitrogen and oxygen atoms in total. The molecule has 1 atom stereocenters. The van der Waals surface area contributed by atoms with E-state index in [1.807, 2.05) is 32.0 Å². The lowest BCUT2D eigenvalue weighted by atomic mass is 9.96. The average molecular weight is 524 g/mol. The van der Waals surface area contributed by atoms with Crippen molar-refractivity contribution >= 4 is 27.4 Å². The Kier molecular flexibility index (Phi) is 7.14. The number of carbonyl (C=O) groups is 1. The molecule has 3 aromatic rings. The zero-order valence-corrected chi connectivity index (χ0v) is 22.6. The van der Waals surface area contributed by atoms with Crippen molar-refractivity contribution in [3.05, 3.63) is 59.8 Å². The van der Waals surface area contributed by atoms with E-state index in [-0.39, 0.29) is 21.8 Å². The van der Waals surface area contributed by atoms with Crippen LogP contribution in [-0.4, -0.2) is 43.0 Å². The first kappa shape index (κ1) is 26.4. The fraction of sp³-hybridized carbons (Fsp3) is 0.370. The van der Waals surface area contributed by atoms with Crippen molar-refractivity contribution in [3.8, 4) is 17.1 Å². The zero-order valence-electron chi connectivity index (χ0n) is 21.8. The van der Waals surface area contributed by atoms with Gasteiger partial charge in [-0.05, 0) is 75.9 Å². The molecule has 2 aromatic heterocycles. The Bertz CT molecular complexity index is 1440. The molecule has 1 aliphatic rings. The van der Waals surface area contributed by atoms with Crippen LogP contribution < -0.4 is 20.1 Å². The molecule has 3 heterocycles. The number of sulfonamides is 1. The number of nitrogens with one attached hydrogen (secondary N) is 1. The molecule has 1 saturated heterocycles. The van der Waals surface area contributed by atoms with Crippen LogP contribution in [0.4, 0.5) is 11.5 Å². The lowest BCUT2D eigenvalue weighted by Crippen LogP contribution is -2.40. The Morgan fingerprint density at radius 2 is 2.00 bits per heavy atom. The number of carbonyl (C=O) groups excluding carboxylic acids is 1. The molecule has 10 heteroatoms. The third-order valence-corrected chi connectivity index (χ3v) is 7.83. The van der Waals surface area contributed by atoms with Crippen molar-refractivity contribution in [1.29, 1.82) is 0 Å². The number of hydrogen-bond donors (Lipinski definition) is 2. The summed E-state index contributed by atoms with van der Waals surface area (Å²) < 4.78 is 33.8. The Morgan fingerprint density at radius 3 is 2.65 bits per heavy atom. The van der Waals surface area contributed by atoms with E-state index in [2.05, 4.69) is 40.4 Å². The Hall–Kier alpha value is -3.66. The molecular formula is C27H33N5O4S. The third-order valence-electron chi connectivity index (χ3n) is 6.46. The largest absolute Gasteiger partial charge is 0.478 e. The topological polar surface area (TPSA) is 128 Å². The summed E-state index contributed by atoms with van der Waals surface area (Å²) in [6.07, 6.45) is 2.32. The Labute approximate surface area is 218 Å². The number of pyridine rings is 2. The van der Waals surface area contributed by atoms with Gasteiger partial charge in [0.15, 0.2) is 0 Å². The van der Waals surface area contributed by atoms with Gasteiger partial charge in [0, 0.05) is 29.9 Å². The standard InChI is InChI=1S/C27H33N5O4S/c1-6-36-24-13-17(2)12-21(30-24)19-9-10-20(22(14-19)32-16-18(3)15-27(32,4)5)26(33)31-37(34,35)23-8-7-11-29-25(23)28/h7-14,18H,6,15-16H2,1-5H3,(H2,28,29)(H,31,33)/t18-/m0/s1. The van der Waals surface area contributed by atoms with Crippen LogP contribution in [0.15, 0.2) is 53.6 Å². The molecule has 37 heavy (non-hydrogen) atoms. The molecule has 1 amide bonds. The van der Waals surface area contributed by atoms with Gasteiger partial charge in [-0.2, -0.15) is 0 Å². The zero-order chi connectivity index (χ0) is 27.0. The van der Waals surface area contributed by atoms with Crippen LogP contribution in [-0.2, 0) is 10.0 Å². The van der Waals surface area contributed by atoms with Crippen molar-refractivity contribution in [2.24, 2.45) is 5.92 Å². The lowest BCUT2D eigenvalue weighted by molar-refractivity contribution is 0.0982. The maximum absolute atomic E-state index is 13.4. The first-order chi connectivity index (χ1) is 17.4. The van der Waals surface area contributed by atoms with Crippen LogP contribution in [0.25, 0.3) is 11.3 Å². The fourth-order valence-electron chi connectivity index (χ4n) is 4.98.